The second kappa shape index (κ2) is 10.4. The molecule has 0 aliphatic carbocycles. The van der Waals surface area contributed by atoms with E-state index in [0.29, 0.717) is 6.10 Å². The van der Waals surface area contributed by atoms with Crippen molar-refractivity contribution < 1.29 is 4.52 Å². The fraction of sp³-hybridized carbons (Fsp3) is 0.714. The standard InChI is InChI=1S/C10H16N3OPS.C4H10/c15-14-8-2-5-13(7-8)10-1-4-11-9(12-10)3-6-16;1-3-4-2/h1,4,8,16H,2-3,5-7,15H2;3-4H2,1-2H3. The van der Waals surface area contributed by atoms with Crippen LogP contribution in [0.3, 0.4) is 0 Å². The zero-order chi connectivity index (χ0) is 14.8. The normalized spacial score (nSPS) is 17.8. The Kier molecular flexibility index (Phi) is 9.16. The second-order valence-electron chi connectivity index (χ2n) is 4.80. The molecular weight excluding hydrogens is 289 g/mol. The zero-order valence-electron chi connectivity index (χ0n) is 12.5. The number of aryl methyl sites for hydroxylation is 1. The molecule has 1 aliphatic rings. The summed E-state index contributed by atoms with van der Waals surface area (Å²) in [6.07, 6.45) is 6.62. The van der Waals surface area contributed by atoms with Gasteiger partial charge in [-0.15, -0.1) is 0 Å². The molecule has 1 aromatic rings. The lowest BCUT2D eigenvalue weighted by Crippen LogP contribution is -2.23. The van der Waals surface area contributed by atoms with Gasteiger partial charge in [0, 0.05) is 35.2 Å². The van der Waals surface area contributed by atoms with Gasteiger partial charge in [0.15, 0.2) is 0 Å². The molecule has 0 amide bonds. The van der Waals surface area contributed by atoms with Crippen molar-refractivity contribution in [2.45, 2.75) is 45.6 Å². The summed E-state index contributed by atoms with van der Waals surface area (Å²) in [6, 6.07) is 1.95. The topological polar surface area (TPSA) is 38.2 Å². The first-order valence-electron chi connectivity index (χ1n) is 7.28. The lowest BCUT2D eigenvalue weighted by molar-refractivity contribution is 0.266. The molecule has 2 atom stereocenters. The predicted molar refractivity (Wildman–Crippen MR) is 91.6 cm³/mol. The molecule has 114 valence electrons. The molecule has 0 N–H and O–H groups in total. The molecule has 1 aromatic heterocycles. The number of hydrogen-bond donors (Lipinski definition) is 1. The number of nitrogens with zero attached hydrogens (tertiary/aromatic N) is 3. The summed E-state index contributed by atoms with van der Waals surface area (Å²) < 4.78 is 5.26. The van der Waals surface area contributed by atoms with E-state index in [1.165, 1.54) is 12.8 Å². The molecule has 20 heavy (non-hydrogen) atoms. The Labute approximate surface area is 130 Å². The fourth-order valence-corrected chi connectivity index (χ4v) is 2.25. The van der Waals surface area contributed by atoms with E-state index in [-0.39, 0.29) is 0 Å². The van der Waals surface area contributed by atoms with Crippen molar-refractivity contribution in [2.75, 3.05) is 23.7 Å². The quantitative estimate of drug-likeness (QED) is 0.669. The summed E-state index contributed by atoms with van der Waals surface area (Å²) in [5, 5.41) is 0. The van der Waals surface area contributed by atoms with Crippen LogP contribution in [0.4, 0.5) is 5.82 Å². The van der Waals surface area contributed by atoms with E-state index in [0.717, 1.165) is 43.3 Å². The summed E-state index contributed by atoms with van der Waals surface area (Å²) in [4.78, 5) is 11.0. The van der Waals surface area contributed by atoms with Gasteiger partial charge < -0.3 is 9.42 Å². The zero-order valence-corrected chi connectivity index (χ0v) is 14.5. The van der Waals surface area contributed by atoms with Gasteiger partial charge in [-0.1, -0.05) is 26.7 Å². The highest BCUT2D eigenvalue weighted by molar-refractivity contribution is 7.80. The molecule has 6 heteroatoms. The highest BCUT2D eigenvalue weighted by Gasteiger charge is 2.23. The van der Waals surface area contributed by atoms with Crippen molar-refractivity contribution in [1.82, 2.24) is 9.97 Å². The third kappa shape index (κ3) is 5.94. The fourth-order valence-electron chi connectivity index (χ4n) is 1.83. The van der Waals surface area contributed by atoms with Crippen LogP contribution in [0.15, 0.2) is 12.3 Å². The van der Waals surface area contributed by atoms with E-state index in [1.54, 1.807) is 0 Å². The van der Waals surface area contributed by atoms with E-state index in [9.17, 15) is 0 Å². The van der Waals surface area contributed by atoms with Crippen LogP contribution in [0.25, 0.3) is 0 Å². The van der Waals surface area contributed by atoms with E-state index in [1.807, 2.05) is 12.3 Å². The molecule has 0 radical (unpaired) electrons. The van der Waals surface area contributed by atoms with Gasteiger partial charge in [0.05, 0.1) is 6.10 Å². The highest BCUT2D eigenvalue weighted by atomic mass is 32.1. The first kappa shape index (κ1) is 17.7. The van der Waals surface area contributed by atoms with Crippen molar-refractivity contribution in [1.29, 1.82) is 0 Å². The number of thiol groups is 1. The molecule has 2 rings (SSSR count). The SMILES string of the molecule is CCCC.POC1CCN(c2ccnc(CCS)n2)C1. The summed E-state index contributed by atoms with van der Waals surface area (Å²) in [5.74, 6) is 2.64. The Morgan fingerprint density at radius 2 is 2.20 bits per heavy atom. The van der Waals surface area contributed by atoms with Crippen molar-refractivity contribution in [2.24, 2.45) is 0 Å². The molecule has 0 bridgehead atoms. The van der Waals surface area contributed by atoms with Crippen LogP contribution in [0.1, 0.15) is 38.9 Å². The van der Waals surface area contributed by atoms with Crippen LogP contribution in [-0.2, 0) is 10.9 Å². The van der Waals surface area contributed by atoms with Gasteiger partial charge >= 0.3 is 0 Å². The summed E-state index contributed by atoms with van der Waals surface area (Å²) >= 11 is 4.19. The largest absolute Gasteiger partial charge is 0.361 e. The van der Waals surface area contributed by atoms with Crippen molar-refractivity contribution in [3.63, 3.8) is 0 Å². The molecule has 0 aromatic carbocycles. The average molecular weight is 315 g/mol. The van der Waals surface area contributed by atoms with Gasteiger partial charge in [-0.25, -0.2) is 9.97 Å². The van der Waals surface area contributed by atoms with E-state index < -0.39 is 0 Å². The first-order valence-corrected chi connectivity index (χ1v) is 8.38. The molecule has 4 nitrogen and oxygen atoms in total. The maximum atomic E-state index is 5.26. The Morgan fingerprint density at radius 3 is 2.75 bits per heavy atom. The van der Waals surface area contributed by atoms with Crippen molar-refractivity contribution >= 4 is 27.9 Å². The van der Waals surface area contributed by atoms with Crippen LogP contribution in [0.5, 0.6) is 0 Å². The van der Waals surface area contributed by atoms with Gasteiger partial charge in [-0.3, -0.25) is 0 Å². The molecule has 1 aliphatic heterocycles. The van der Waals surface area contributed by atoms with Crippen LogP contribution < -0.4 is 4.90 Å². The third-order valence-corrected chi connectivity index (χ3v) is 3.80. The van der Waals surface area contributed by atoms with Crippen LogP contribution in [0.2, 0.25) is 0 Å². The number of aromatic nitrogens is 2. The van der Waals surface area contributed by atoms with Crippen molar-refractivity contribution in [3.8, 4) is 0 Å². The van der Waals surface area contributed by atoms with Gasteiger partial charge in [-0.2, -0.15) is 12.6 Å². The van der Waals surface area contributed by atoms with Crippen LogP contribution in [0, 0.1) is 0 Å². The lowest BCUT2D eigenvalue weighted by atomic mass is 10.3. The van der Waals surface area contributed by atoms with E-state index in [4.69, 9.17) is 4.52 Å². The van der Waals surface area contributed by atoms with Gasteiger partial charge in [0.25, 0.3) is 0 Å². The van der Waals surface area contributed by atoms with Gasteiger partial charge in [-0.05, 0) is 18.2 Å². The summed E-state index contributed by atoms with van der Waals surface area (Å²) in [7, 11) is 2.33. The molecule has 2 heterocycles. The van der Waals surface area contributed by atoms with Crippen LogP contribution in [-0.4, -0.2) is 34.9 Å². The predicted octanol–water partition coefficient (Wildman–Crippen LogP) is 3.14. The highest BCUT2D eigenvalue weighted by Crippen LogP contribution is 2.20. The number of unbranched alkanes of at least 4 members (excludes halogenated alkanes) is 1. The van der Waals surface area contributed by atoms with Crippen molar-refractivity contribution in [3.05, 3.63) is 18.1 Å². The van der Waals surface area contributed by atoms with E-state index >= 15 is 0 Å². The molecule has 2 unspecified atom stereocenters. The smallest absolute Gasteiger partial charge is 0.132 e. The minimum atomic E-state index is 0.299. The molecule has 0 spiro atoms. The summed E-state index contributed by atoms with van der Waals surface area (Å²) in [5.41, 5.74) is 0. The molecule has 0 saturated carbocycles. The minimum absolute atomic E-state index is 0.299. The number of rotatable bonds is 5. The lowest BCUT2D eigenvalue weighted by Gasteiger charge is -2.17. The molecule has 1 saturated heterocycles. The Hall–Kier alpha value is -0.380. The maximum Gasteiger partial charge on any atom is 0.132 e. The van der Waals surface area contributed by atoms with E-state index in [2.05, 4.69) is 50.8 Å². The van der Waals surface area contributed by atoms with Gasteiger partial charge in [0.1, 0.15) is 11.6 Å². The average Bonchev–Trinajstić information content (AvgIpc) is 2.97. The monoisotopic (exact) mass is 315 g/mol. The maximum absolute atomic E-state index is 5.26. The van der Waals surface area contributed by atoms with Crippen LogP contribution >= 0.6 is 22.1 Å². The molecular formula is C14H26N3OPS. The first-order chi connectivity index (χ1) is 9.74. The summed E-state index contributed by atoms with van der Waals surface area (Å²) in [6.45, 7) is 6.26. The Balaban J connectivity index is 0.000000444. The Morgan fingerprint density at radius 1 is 1.45 bits per heavy atom. The Bertz CT molecular complexity index is 379. The third-order valence-electron chi connectivity index (χ3n) is 3.19. The molecule has 1 fully saturated rings. The number of hydrogen-bond acceptors (Lipinski definition) is 5. The number of anilines is 1. The minimum Gasteiger partial charge on any atom is -0.361 e. The second-order valence-corrected chi connectivity index (χ2v) is 5.52. The van der Waals surface area contributed by atoms with Gasteiger partial charge in [0.2, 0.25) is 0 Å².